The third-order valence-electron chi connectivity index (χ3n) is 6.52. The van der Waals surface area contributed by atoms with Gasteiger partial charge in [0.05, 0.1) is 16.5 Å². The average molecular weight is 495 g/mol. The Hall–Kier alpha value is -2.15. The molecular weight excluding hydrogens is 467 g/mol. The average Bonchev–Trinajstić information content (AvgIpc) is 2.73. The Morgan fingerprint density at radius 1 is 1.18 bits per heavy atom. The van der Waals surface area contributed by atoms with Gasteiger partial charge in [0.15, 0.2) is 17.2 Å². The van der Waals surface area contributed by atoms with Crippen LogP contribution in [-0.4, -0.2) is 49.5 Å². The van der Waals surface area contributed by atoms with E-state index in [2.05, 4.69) is 0 Å². The van der Waals surface area contributed by atoms with E-state index in [1.807, 2.05) is 19.1 Å². The van der Waals surface area contributed by atoms with Crippen molar-refractivity contribution in [1.82, 2.24) is 0 Å². The van der Waals surface area contributed by atoms with Crippen molar-refractivity contribution in [2.45, 2.75) is 74.8 Å². The highest BCUT2D eigenvalue weighted by molar-refractivity contribution is 6.45. The summed E-state index contributed by atoms with van der Waals surface area (Å²) in [5.41, 5.74) is -1.55. The van der Waals surface area contributed by atoms with Gasteiger partial charge in [0.25, 0.3) is 0 Å². The number of hydrogen-bond acceptors (Lipinski definition) is 6. The molecule has 0 unspecified atom stereocenters. The first-order chi connectivity index (χ1) is 15.3. The van der Waals surface area contributed by atoms with Gasteiger partial charge >= 0.3 is 0 Å². The third-order valence-corrected chi connectivity index (χ3v) is 7.83. The van der Waals surface area contributed by atoms with Crippen LogP contribution in [0.5, 0.6) is 11.5 Å². The van der Waals surface area contributed by atoms with Gasteiger partial charge in [0.2, 0.25) is 0 Å². The van der Waals surface area contributed by atoms with Crippen LogP contribution in [0.15, 0.2) is 35.4 Å². The van der Waals surface area contributed by atoms with Crippen LogP contribution in [0.3, 0.4) is 0 Å². The number of ketones is 2. The van der Waals surface area contributed by atoms with Crippen LogP contribution in [0.4, 0.5) is 0 Å². The molecule has 0 aromatic heterocycles. The minimum Gasteiger partial charge on any atom is -0.508 e. The lowest BCUT2D eigenvalue weighted by atomic mass is 9.63. The number of halogens is 2. The maximum absolute atomic E-state index is 13.9. The van der Waals surface area contributed by atoms with E-state index < -0.39 is 38.8 Å². The summed E-state index contributed by atoms with van der Waals surface area (Å²) in [5.74, 6) is -2.11. The molecule has 3 rings (SSSR count). The Labute approximate surface area is 203 Å². The van der Waals surface area contributed by atoms with E-state index in [9.17, 15) is 24.6 Å². The second kappa shape index (κ2) is 8.90. The van der Waals surface area contributed by atoms with Crippen LogP contribution in [-0.2, 0) is 9.53 Å². The number of carbonyl (C=O) groups excluding carboxylic acids is 3. The molecule has 0 bridgehead atoms. The minimum atomic E-state index is -1.84. The maximum atomic E-state index is 13.9. The SMILES string of the molecule is C/C(C=O)=C/CC/C(C)=C/C[C@@]12OC(C)(C)[C@H](Cl)C[C@]1(Cl)C(=O)c1c(O)cc(O)cc1C2=O. The second-order valence-electron chi connectivity index (χ2n) is 9.41. The highest BCUT2D eigenvalue weighted by Crippen LogP contribution is 2.56. The summed E-state index contributed by atoms with van der Waals surface area (Å²) >= 11 is 13.5. The molecule has 2 aliphatic rings. The van der Waals surface area contributed by atoms with Crippen molar-refractivity contribution in [3.05, 3.63) is 46.6 Å². The van der Waals surface area contributed by atoms with Gasteiger partial charge in [0.1, 0.15) is 22.7 Å². The first-order valence-electron chi connectivity index (χ1n) is 10.8. The van der Waals surface area contributed by atoms with Gasteiger partial charge in [-0.3, -0.25) is 14.4 Å². The molecule has 33 heavy (non-hydrogen) atoms. The number of carbonyl (C=O) groups is 3. The molecule has 1 aliphatic heterocycles. The molecule has 0 radical (unpaired) electrons. The number of Topliss-reactive ketones (excluding diaryl/α,β-unsaturated/α-hetero) is 2. The van der Waals surface area contributed by atoms with E-state index in [4.69, 9.17) is 27.9 Å². The summed E-state index contributed by atoms with van der Waals surface area (Å²) in [6, 6.07) is 2.15. The monoisotopic (exact) mass is 494 g/mol. The molecule has 178 valence electrons. The molecule has 8 heteroatoms. The van der Waals surface area contributed by atoms with Crippen molar-refractivity contribution in [3.63, 3.8) is 0 Å². The first-order valence-corrected chi connectivity index (χ1v) is 11.6. The summed E-state index contributed by atoms with van der Waals surface area (Å²) < 4.78 is 6.31. The zero-order chi connectivity index (χ0) is 24.8. The van der Waals surface area contributed by atoms with Crippen molar-refractivity contribution in [1.29, 1.82) is 0 Å². The van der Waals surface area contributed by atoms with Crippen molar-refractivity contribution in [2.24, 2.45) is 0 Å². The first kappa shape index (κ1) is 25.5. The van der Waals surface area contributed by atoms with Crippen molar-refractivity contribution in [3.8, 4) is 11.5 Å². The van der Waals surface area contributed by atoms with E-state index in [-0.39, 0.29) is 29.7 Å². The fraction of sp³-hybridized carbons (Fsp3) is 0.480. The van der Waals surface area contributed by atoms with E-state index in [0.717, 1.165) is 24.0 Å². The predicted octanol–water partition coefficient (Wildman–Crippen LogP) is 5.26. The van der Waals surface area contributed by atoms with Gasteiger partial charge in [-0.2, -0.15) is 0 Å². The van der Waals surface area contributed by atoms with Gasteiger partial charge < -0.3 is 14.9 Å². The third kappa shape index (κ3) is 4.25. The molecule has 1 saturated heterocycles. The number of alkyl halides is 2. The summed E-state index contributed by atoms with van der Waals surface area (Å²) in [6.45, 7) is 7.08. The van der Waals surface area contributed by atoms with Gasteiger partial charge in [-0.1, -0.05) is 17.7 Å². The number of ether oxygens (including phenoxy) is 1. The lowest BCUT2D eigenvalue weighted by Crippen LogP contribution is -2.72. The van der Waals surface area contributed by atoms with Crippen LogP contribution in [0.25, 0.3) is 0 Å². The standard InChI is InChI=1S/C25H28Cl2O6/c1-14(6-5-7-15(2)13-28)8-9-25-21(31)17-10-16(29)11-18(30)20(17)22(32)24(25,27)12-19(26)23(3,4)33-25/h7-8,10-11,13,19,29-30H,5-6,9,12H2,1-4H3/b14-8+,15-7-/t19-,24+,25+/m1/s1. The van der Waals surface area contributed by atoms with Crippen molar-refractivity contribution in [2.75, 3.05) is 0 Å². The van der Waals surface area contributed by atoms with E-state index in [1.54, 1.807) is 20.8 Å². The number of benzene rings is 1. The van der Waals surface area contributed by atoms with Crippen LogP contribution >= 0.6 is 23.2 Å². The number of phenolic OH excluding ortho intramolecular Hbond substituents is 2. The minimum absolute atomic E-state index is 0.00613. The normalized spacial score (nSPS) is 29.5. The van der Waals surface area contributed by atoms with Crippen molar-refractivity contribution >= 4 is 41.1 Å². The Bertz CT molecular complexity index is 1070. The van der Waals surface area contributed by atoms with Gasteiger partial charge in [-0.25, -0.2) is 0 Å². The Morgan fingerprint density at radius 2 is 1.85 bits per heavy atom. The molecule has 1 fully saturated rings. The summed E-state index contributed by atoms with van der Waals surface area (Å²) in [4.78, 5) is 36.4. The Kier molecular flexibility index (Phi) is 6.87. The van der Waals surface area contributed by atoms with E-state index in [1.165, 1.54) is 0 Å². The molecule has 1 aromatic carbocycles. The number of allylic oxidation sites excluding steroid dienone is 3. The molecule has 0 spiro atoms. The topological polar surface area (TPSA) is 101 Å². The molecule has 2 N–H and O–H groups in total. The number of aldehydes is 1. The number of hydrogen-bond donors (Lipinski definition) is 2. The summed E-state index contributed by atoms with van der Waals surface area (Å²) in [6.07, 6.45) is 5.66. The summed E-state index contributed by atoms with van der Waals surface area (Å²) in [7, 11) is 0. The summed E-state index contributed by atoms with van der Waals surface area (Å²) in [5, 5.41) is 19.7. The smallest absolute Gasteiger partial charge is 0.198 e. The molecule has 1 aromatic rings. The van der Waals surface area contributed by atoms with Gasteiger partial charge in [-0.15, -0.1) is 23.2 Å². The van der Waals surface area contributed by atoms with Gasteiger partial charge in [-0.05, 0) is 58.6 Å². The van der Waals surface area contributed by atoms with Crippen LogP contribution < -0.4 is 0 Å². The van der Waals surface area contributed by atoms with Gasteiger partial charge in [0, 0.05) is 18.1 Å². The number of phenols is 2. The zero-order valence-corrected chi connectivity index (χ0v) is 20.6. The lowest BCUT2D eigenvalue weighted by molar-refractivity contribution is -0.157. The fourth-order valence-corrected chi connectivity index (χ4v) is 5.30. The number of aromatic hydroxyl groups is 2. The Morgan fingerprint density at radius 3 is 2.48 bits per heavy atom. The van der Waals surface area contributed by atoms with Crippen LogP contribution in [0.1, 0.15) is 74.1 Å². The largest absolute Gasteiger partial charge is 0.508 e. The Balaban J connectivity index is 2.11. The number of fused-ring (bicyclic) bond motifs is 2. The second-order valence-corrected chi connectivity index (χ2v) is 10.6. The number of rotatable bonds is 6. The quantitative estimate of drug-likeness (QED) is 0.242. The predicted molar refractivity (Wildman–Crippen MR) is 127 cm³/mol. The zero-order valence-electron chi connectivity index (χ0n) is 19.1. The van der Waals surface area contributed by atoms with Crippen LogP contribution in [0.2, 0.25) is 0 Å². The lowest BCUT2D eigenvalue weighted by Gasteiger charge is -2.56. The molecule has 0 saturated carbocycles. The van der Waals surface area contributed by atoms with E-state index in [0.29, 0.717) is 18.4 Å². The van der Waals surface area contributed by atoms with E-state index >= 15 is 0 Å². The molecule has 6 nitrogen and oxygen atoms in total. The molecule has 1 heterocycles. The molecular formula is C25H28Cl2O6. The maximum Gasteiger partial charge on any atom is 0.198 e. The molecule has 3 atom stereocenters. The highest BCUT2D eigenvalue weighted by atomic mass is 35.5. The molecule has 0 amide bonds. The highest BCUT2D eigenvalue weighted by Gasteiger charge is 2.70. The fourth-order valence-electron chi connectivity index (χ4n) is 4.49. The molecule has 1 aliphatic carbocycles. The van der Waals surface area contributed by atoms with Crippen molar-refractivity contribution < 1.29 is 29.3 Å². The van der Waals surface area contributed by atoms with Crippen LogP contribution in [0, 0.1) is 0 Å².